The lowest BCUT2D eigenvalue weighted by Crippen LogP contribution is -2.30. The molecule has 72 heavy (non-hydrogen) atoms. The second kappa shape index (κ2) is 55.5. The molecule has 0 aromatic rings. The summed E-state index contributed by atoms with van der Waals surface area (Å²) in [4.78, 5) is 48.6. The number of hydrogen-bond acceptors (Lipinski definition) is 10. The van der Waals surface area contributed by atoms with E-state index in [1.165, 1.54) is 180 Å². The molecule has 11 nitrogen and oxygen atoms in total. The molecule has 0 rings (SSSR count). The van der Waals surface area contributed by atoms with Gasteiger partial charge in [-0.2, -0.15) is 0 Å². The van der Waals surface area contributed by atoms with E-state index in [2.05, 4.69) is 32.9 Å². The maximum Gasteiger partial charge on any atom is 0.472 e. The monoisotopic (exact) mass is 1040 g/mol. The fourth-order valence-electron chi connectivity index (χ4n) is 9.00. The fraction of sp³-hybridized carbons (Fsp3) is 0.917. The molecule has 0 aliphatic rings. The van der Waals surface area contributed by atoms with E-state index in [9.17, 15) is 28.9 Å². The quantitative estimate of drug-likeness (QED) is 0.0197. The van der Waals surface area contributed by atoms with Gasteiger partial charge in [-0.05, 0) is 44.9 Å². The van der Waals surface area contributed by atoms with Gasteiger partial charge >= 0.3 is 25.7 Å². The average Bonchev–Trinajstić information content (AvgIpc) is 3.37. The number of aliphatic hydroxyl groups is 1. The predicted molar refractivity (Wildman–Crippen MR) is 298 cm³/mol. The van der Waals surface area contributed by atoms with Crippen molar-refractivity contribution in [1.82, 2.24) is 0 Å². The summed E-state index contributed by atoms with van der Waals surface area (Å²) in [6, 6.07) is 0. The predicted octanol–water partition coefficient (Wildman–Crippen LogP) is 18.0. The number of phosphoric acid groups is 1. The highest BCUT2D eigenvalue weighted by Gasteiger charge is 2.28. The molecule has 0 saturated heterocycles. The highest BCUT2D eigenvalue weighted by Crippen LogP contribution is 2.43. The first-order valence-electron chi connectivity index (χ1n) is 30.6. The molecule has 0 aromatic heterocycles. The van der Waals surface area contributed by atoms with E-state index in [0.717, 1.165) is 77.0 Å². The van der Waals surface area contributed by atoms with Crippen LogP contribution in [0, 0.1) is 0 Å². The van der Waals surface area contributed by atoms with Gasteiger partial charge in [0.1, 0.15) is 12.7 Å². The molecule has 426 valence electrons. The van der Waals surface area contributed by atoms with Crippen molar-refractivity contribution in [2.45, 2.75) is 328 Å². The van der Waals surface area contributed by atoms with Gasteiger partial charge in [0.05, 0.1) is 19.8 Å². The number of ether oxygens (including phenoxy) is 3. The van der Waals surface area contributed by atoms with Crippen molar-refractivity contribution in [3.8, 4) is 0 Å². The number of hydrogen-bond donors (Lipinski definition) is 2. The Labute approximate surface area is 443 Å². The largest absolute Gasteiger partial charge is 0.472 e. The Balaban J connectivity index is 4.66. The Morgan fingerprint density at radius 2 is 0.639 bits per heavy atom. The van der Waals surface area contributed by atoms with Gasteiger partial charge in [0.2, 0.25) is 0 Å². The van der Waals surface area contributed by atoms with Crippen LogP contribution in [0.25, 0.3) is 0 Å². The van der Waals surface area contributed by atoms with Gasteiger partial charge in [0, 0.05) is 19.3 Å². The van der Waals surface area contributed by atoms with Crippen molar-refractivity contribution in [1.29, 1.82) is 0 Å². The highest BCUT2D eigenvalue weighted by atomic mass is 31.2. The van der Waals surface area contributed by atoms with Crippen molar-refractivity contribution in [3.05, 3.63) is 12.2 Å². The number of carbonyl (C=O) groups excluding carboxylic acids is 3. The van der Waals surface area contributed by atoms with Crippen LogP contribution in [0.3, 0.4) is 0 Å². The maximum absolute atomic E-state index is 12.9. The SMILES string of the molecule is CCCCCCCC/C=C\CCCCCCCC(=O)OCC(COP(=O)(O)OCC(CO)OC(=O)CCCCCCCCCCCCCCCCC)OC(=O)CCCCCCCCCCCCCCCCC. The lowest BCUT2D eigenvalue weighted by molar-refractivity contribution is -0.161. The van der Waals surface area contributed by atoms with Crippen LogP contribution in [-0.2, 0) is 42.2 Å². The zero-order valence-corrected chi connectivity index (χ0v) is 48.1. The first-order chi connectivity index (χ1) is 35.2. The average molecular weight is 1040 g/mol. The lowest BCUT2D eigenvalue weighted by atomic mass is 10.0. The molecule has 2 N–H and O–H groups in total. The second-order valence-electron chi connectivity index (χ2n) is 20.9. The van der Waals surface area contributed by atoms with Gasteiger partial charge in [-0.3, -0.25) is 23.4 Å². The molecule has 0 heterocycles. The summed E-state index contributed by atoms with van der Waals surface area (Å²) in [5.74, 6) is -1.44. The Bertz CT molecular complexity index is 1260. The molecule has 0 saturated carbocycles. The summed E-state index contributed by atoms with van der Waals surface area (Å²) in [5.41, 5.74) is 0. The van der Waals surface area contributed by atoms with Crippen molar-refractivity contribution >= 4 is 25.7 Å². The van der Waals surface area contributed by atoms with Gasteiger partial charge in [-0.25, -0.2) is 4.57 Å². The Kier molecular flexibility index (Phi) is 54.1. The molecule has 3 unspecified atom stereocenters. The van der Waals surface area contributed by atoms with Crippen LogP contribution in [0.4, 0.5) is 0 Å². The zero-order chi connectivity index (χ0) is 52.7. The minimum Gasteiger partial charge on any atom is -0.462 e. The molecule has 0 aromatic carbocycles. The molecule has 12 heteroatoms. The third kappa shape index (κ3) is 53.1. The van der Waals surface area contributed by atoms with Crippen LogP contribution in [0.2, 0.25) is 0 Å². The van der Waals surface area contributed by atoms with E-state index in [1.807, 2.05) is 0 Å². The minimum atomic E-state index is -4.74. The number of rotatable bonds is 58. The van der Waals surface area contributed by atoms with E-state index < -0.39 is 57.8 Å². The van der Waals surface area contributed by atoms with Crippen LogP contribution in [0.5, 0.6) is 0 Å². The van der Waals surface area contributed by atoms with E-state index in [1.54, 1.807) is 0 Å². The number of aliphatic hydroxyl groups excluding tert-OH is 1. The fourth-order valence-corrected chi connectivity index (χ4v) is 9.78. The number of unbranched alkanes of at least 4 members (excludes halogenated alkanes) is 39. The maximum atomic E-state index is 12.9. The normalized spacial score (nSPS) is 13.3. The minimum absolute atomic E-state index is 0.174. The van der Waals surface area contributed by atoms with E-state index in [4.69, 9.17) is 23.3 Å². The van der Waals surface area contributed by atoms with E-state index >= 15 is 0 Å². The van der Waals surface area contributed by atoms with Crippen molar-refractivity contribution in [3.63, 3.8) is 0 Å². The van der Waals surface area contributed by atoms with Gasteiger partial charge < -0.3 is 24.2 Å². The first kappa shape index (κ1) is 70.2. The molecule has 0 aliphatic carbocycles. The standard InChI is InChI=1S/C60H115O11P/c1-4-7-10-13-16-19-22-25-28-31-34-37-40-43-46-49-58(62)67-53-57(71-60(64)51-48-45-42-39-36-33-30-27-24-21-18-15-12-9-6-3)55-69-72(65,66)68-54-56(52-61)70-59(63)50-47-44-41-38-35-32-29-26-23-20-17-14-11-8-5-2/h25,28,56-57,61H,4-24,26-27,29-55H2,1-3H3,(H,65,66)/b28-25-. The van der Waals surface area contributed by atoms with E-state index in [0.29, 0.717) is 19.3 Å². The molecular formula is C60H115O11P. The number of allylic oxidation sites excluding steroid dienone is 2. The third-order valence-electron chi connectivity index (χ3n) is 13.7. The molecule has 3 atom stereocenters. The van der Waals surface area contributed by atoms with Crippen molar-refractivity contribution in [2.75, 3.05) is 26.4 Å². The van der Waals surface area contributed by atoms with Crippen molar-refractivity contribution in [2.24, 2.45) is 0 Å². The Morgan fingerprint density at radius 1 is 0.375 bits per heavy atom. The molecule has 0 aliphatic heterocycles. The highest BCUT2D eigenvalue weighted by molar-refractivity contribution is 7.47. The topological polar surface area (TPSA) is 155 Å². The smallest absolute Gasteiger partial charge is 0.462 e. The summed E-state index contributed by atoms with van der Waals surface area (Å²) in [6.07, 6.45) is 54.4. The van der Waals surface area contributed by atoms with Gasteiger partial charge in [-0.15, -0.1) is 0 Å². The molecule has 0 radical (unpaired) electrons. The summed E-state index contributed by atoms with van der Waals surface area (Å²) >= 11 is 0. The van der Waals surface area contributed by atoms with E-state index in [-0.39, 0.29) is 25.9 Å². The Morgan fingerprint density at radius 3 is 0.958 bits per heavy atom. The molecular weight excluding hydrogens is 928 g/mol. The molecule has 0 amide bonds. The molecule has 0 bridgehead atoms. The third-order valence-corrected chi connectivity index (χ3v) is 14.6. The molecule has 0 spiro atoms. The van der Waals surface area contributed by atoms with Crippen LogP contribution < -0.4 is 0 Å². The second-order valence-corrected chi connectivity index (χ2v) is 22.3. The summed E-state index contributed by atoms with van der Waals surface area (Å²) in [5, 5.41) is 9.82. The van der Waals surface area contributed by atoms with Crippen LogP contribution in [-0.4, -0.2) is 66.5 Å². The van der Waals surface area contributed by atoms with Gasteiger partial charge in [0.15, 0.2) is 6.10 Å². The summed E-state index contributed by atoms with van der Waals surface area (Å²) in [7, 11) is -4.74. The van der Waals surface area contributed by atoms with Crippen LogP contribution in [0.15, 0.2) is 12.2 Å². The number of phosphoric ester groups is 1. The van der Waals surface area contributed by atoms with Crippen molar-refractivity contribution < 1.29 is 52.2 Å². The number of esters is 3. The zero-order valence-electron chi connectivity index (χ0n) is 47.2. The number of carbonyl (C=O) groups is 3. The Hall–Kier alpha value is -1.78. The first-order valence-corrected chi connectivity index (χ1v) is 32.1. The summed E-state index contributed by atoms with van der Waals surface area (Å²) < 4.78 is 39.6. The van der Waals surface area contributed by atoms with Gasteiger partial charge in [0.25, 0.3) is 0 Å². The van der Waals surface area contributed by atoms with Gasteiger partial charge in [-0.1, -0.05) is 264 Å². The molecule has 0 fully saturated rings. The van der Waals surface area contributed by atoms with Crippen LogP contribution in [0.1, 0.15) is 316 Å². The summed E-state index contributed by atoms with van der Waals surface area (Å²) in [6.45, 7) is 4.70. The lowest BCUT2D eigenvalue weighted by Gasteiger charge is -2.21. The van der Waals surface area contributed by atoms with Crippen LogP contribution >= 0.6 is 7.82 Å².